The minimum absolute atomic E-state index is 0.208. The van der Waals surface area contributed by atoms with Crippen LogP contribution in [-0.2, 0) is 7.05 Å². The number of aryl methyl sites for hydroxylation is 1. The number of carbonyl (C=O) groups is 1. The maximum absolute atomic E-state index is 12.5. The lowest BCUT2D eigenvalue weighted by atomic mass is 10.2. The highest BCUT2D eigenvalue weighted by Gasteiger charge is 2.11. The van der Waals surface area contributed by atoms with Crippen molar-refractivity contribution in [3.05, 3.63) is 60.4 Å². The van der Waals surface area contributed by atoms with Gasteiger partial charge in [0, 0.05) is 35.6 Å². The van der Waals surface area contributed by atoms with E-state index in [0.717, 1.165) is 15.7 Å². The predicted molar refractivity (Wildman–Crippen MR) is 106 cm³/mol. The molecular weight excluding hydrogens is 362 g/mol. The zero-order valence-corrected chi connectivity index (χ0v) is 16.2. The molecule has 0 atom stereocenters. The van der Waals surface area contributed by atoms with Crippen LogP contribution in [0.2, 0.25) is 0 Å². The van der Waals surface area contributed by atoms with Crippen LogP contribution in [0.15, 0.2) is 64.9 Å². The van der Waals surface area contributed by atoms with Gasteiger partial charge < -0.3 is 19.4 Å². The van der Waals surface area contributed by atoms with E-state index < -0.39 is 0 Å². The number of hydrogen-bond donors (Lipinski definition) is 1. The first-order valence-corrected chi connectivity index (χ1v) is 9.29. The fraction of sp³-hybridized carbons (Fsp3) is 0.200. The van der Waals surface area contributed by atoms with E-state index in [1.165, 1.54) is 0 Å². The minimum atomic E-state index is -0.208. The molecule has 0 unspecified atom stereocenters. The summed E-state index contributed by atoms with van der Waals surface area (Å²) >= 11 is 1.56. The number of anilines is 1. The number of ether oxygens (including phenoxy) is 2. The summed E-state index contributed by atoms with van der Waals surface area (Å²) in [6.45, 7) is 2.43. The van der Waals surface area contributed by atoms with Gasteiger partial charge >= 0.3 is 0 Å². The van der Waals surface area contributed by atoms with E-state index in [-0.39, 0.29) is 5.91 Å². The summed E-state index contributed by atoms with van der Waals surface area (Å²) in [7, 11) is 3.51. The molecule has 3 rings (SSSR count). The van der Waals surface area contributed by atoms with E-state index >= 15 is 0 Å². The van der Waals surface area contributed by atoms with Crippen LogP contribution in [0.1, 0.15) is 17.3 Å². The lowest BCUT2D eigenvalue weighted by molar-refractivity contribution is 0.102. The van der Waals surface area contributed by atoms with Crippen LogP contribution >= 0.6 is 11.8 Å². The number of methoxy groups -OCH3 is 1. The van der Waals surface area contributed by atoms with Gasteiger partial charge in [-0.05, 0) is 49.4 Å². The van der Waals surface area contributed by atoms with Gasteiger partial charge in [0.2, 0.25) is 0 Å². The molecule has 1 heterocycles. The second-order valence-corrected chi connectivity index (χ2v) is 6.74. The van der Waals surface area contributed by atoms with Crippen LogP contribution in [0.3, 0.4) is 0 Å². The normalized spacial score (nSPS) is 10.5. The number of hydrogen-bond acceptors (Lipinski definition) is 5. The second kappa shape index (κ2) is 8.64. The third-order valence-electron chi connectivity index (χ3n) is 3.82. The van der Waals surface area contributed by atoms with Crippen molar-refractivity contribution < 1.29 is 14.3 Å². The van der Waals surface area contributed by atoms with Gasteiger partial charge in [0.05, 0.1) is 13.7 Å². The fourth-order valence-electron chi connectivity index (χ4n) is 2.45. The minimum Gasteiger partial charge on any atom is -0.493 e. The first kappa shape index (κ1) is 18.8. The van der Waals surface area contributed by atoms with E-state index in [9.17, 15) is 4.79 Å². The van der Waals surface area contributed by atoms with Gasteiger partial charge in [-0.1, -0.05) is 11.8 Å². The highest BCUT2D eigenvalue weighted by atomic mass is 32.2. The number of nitrogens with one attached hydrogen (secondary N) is 1. The number of nitrogens with zero attached hydrogens (tertiary/aromatic N) is 2. The van der Waals surface area contributed by atoms with Crippen LogP contribution in [-0.4, -0.2) is 29.2 Å². The first-order valence-electron chi connectivity index (χ1n) is 8.48. The molecular formula is C20H21N3O3S. The smallest absolute Gasteiger partial charge is 0.255 e. The zero-order valence-electron chi connectivity index (χ0n) is 15.4. The largest absolute Gasteiger partial charge is 0.493 e. The van der Waals surface area contributed by atoms with Crippen molar-refractivity contribution in [2.75, 3.05) is 19.0 Å². The van der Waals surface area contributed by atoms with Crippen molar-refractivity contribution in [2.24, 2.45) is 7.05 Å². The molecule has 0 aliphatic rings. The zero-order chi connectivity index (χ0) is 19.2. The van der Waals surface area contributed by atoms with Crippen LogP contribution in [0, 0.1) is 0 Å². The van der Waals surface area contributed by atoms with Gasteiger partial charge in [0.1, 0.15) is 0 Å². The molecule has 1 N–H and O–H groups in total. The molecule has 7 heteroatoms. The van der Waals surface area contributed by atoms with Crippen LogP contribution < -0.4 is 14.8 Å². The van der Waals surface area contributed by atoms with Crippen molar-refractivity contribution in [3.63, 3.8) is 0 Å². The van der Waals surface area contributed by atoms with E-state index in [0.29, 0.717) is 23.7 Å². The summed E-state index contributed by atoms with van der Waals surface area (Å²) in [5.74, 6) is 0.944. The van der Waals surface area contributed by atoms with Gasteiger partial charge in [-0.25, -0.2) is 4.98 Å². The molecule has 0 fully saturated rings. The summed E-state index contributed by atoms with van der Waals surface area (Å²) < 4.78 is 12.7. The van der Waals surface area contributed by atoms with Gasteiger partial charge in [-0.15, -0.1) is 0 Å². The molecule has 0 spiro atoms. The Labute approximate surface area is 162 Å². The Morgan fingerprint density at radius 1 is 1.19 bits per heavy atom. The molecule has 6 nitrogen and oxygen atoms in total. The summed E-state index contributed by atoms with van der Waals surface area (Å²) in [6, 6.07) is 12.8. The Hall–Kier alpha value is -2.93. The second-order valence-electron chi connectivity index (χ2n) is 5.70. The summed E-state index contributed by atoms with van der Waals surface area (Å²) in [4.78, 5) is 17.8. The Morgan fingerprint density at radius 3 is 2.59 bits per heavy atom. The van der Waals surface area contributed by atoms with Crippen molar-refractivity contribution in [2.45, 2.75) is 17.0 Å². The molecule has 27 heavy (non-hydrogen) atoms. The van der Waals surface area contributed by atoms with Crippen LogP contribution in [0.25, 0.3) is 0 Å². The quantitative estimate of drug-likeness (QED) is 0.661. The van der Waals surface area contributed by atoms with Crippen molar-refractivity contribution in [3.8, 4) is 11.5 Å². The number of benzene rings is 2. The summed E-state index contributed by atoms with van der Waals surface area (Å²) in [5.41, 5.74) is 1.22. The van der Waals surface area contributed by atoms with E-state index in [2.05, 4.69) is 10.3 Å². The van der Waals surface area contributed by atoms with E-state index in [1.54, 1.807) is 43.3 Å². The van der Waals surface area contributed by atoms with E-state index in [4.69, 9.17) is 9.47 Å². The third-order valence-corrected chi connectivity index (χ3v) is 4.91. The Morgan fingerprint density at radius 2 is 1.96 bits per heavy atom. The molecule has 140 valence electrons. The molecule has 0 saturated heterocycles. The molecule has 0 radical (unpaired) electrons. The van der Waals surface area contributed by atoms with E-state index in [1.807, 2.05) is 49.0 Å². The molecule has 1 aromatic heterocycles. The number of amides is 1. The SMILES string of the molecule is CCOc1ccc(C(=O)Nc2ccc(Sc3nccn3C)cc2)cc1OC. The van der Waals surface area contributed by atoms with Crippen molar-refractivity contribution in [1.82, 2.24) is 9.55 Å². The topological polar surface area (TPSA) is 65.4 Å². The average molecular weight is 383 g/mol. The molecule has 0 aliphatic carbocycles. The van der Waals surface area contributed by atoms with Crippen LogP contribution in [0.5, 0.6) is 11.5 Å². The molecule has 0 bridgehead atoms. The lowest BCUT2D eigenvalue weighted by Crippen LogP contribution is -2.12. The predicted octanol–water partition coefficient (Wildman–Crippen LogP) is 4.23. The summed E-state index contributed by atoms with van der Waals surface area (Å²) in [5, 5.41) is 3.80. The summed E-state index contributed by atoms with van der Waals surface area (Å²) in [6.07, 6.45) is 3.67. The fourth-order valence-corrected chi connectivity index (χ4v) is 3.25. The highest BCUT2D eigenvalue weighted by molar-refractivity contribution is 7.99. The Kier molecular flexibility index (Phi) is 6.03. The first-order chi connectivity index (χ1) is 13.1. The number of rotatable bonds is 7. The molecule has 0 aliphatic heterocycles. The monoisotopic (exact) mass is 383 g/mol. The van der Waals surface area contributed by atoms with Gasteiger partial charge in [-0.3, -0.25) is 4.79 Å². The standard InChI is InChI=1S/C20H21N3O3S/c1-4-26-17-10-5-14(13-18(17)25-3)19(24)22-15-6-8-16(9-7-15)27-20-21-11-12-23(20)2/h5-13H,4H2,1-3H3,(H,22,24). The third kappa shape index (κ3) is 4.62. The molecule has 0 saturated carbocycles. The van der Waals surface area contributed by atoms with Gasteiger partial charge in [0.15, 0.2) is 16.7 Å². The Bertz CT molecular complexity index is 922. The number of imidazole rings is 1. The molecule has 2 aromatic carbocycles. The lowest BCUT2D eigenvalue weighted by Gasteiger charge is -2.11. The Balaban J connectivity index is 1.68. The molecule has 1 amide bonds. The maximum atomic E-state index is 12.5. The van der Waals surface area contributed by atoms with Crippen molar-refractivity contribution in [1.29, 1.82) is 0 Å². The van der Waals surface area contributed by atoms with Gasteiger partial charge in [-0.2, -0.15) is 0 Å². The number of aromatic nitrogens is 2. The van der Waals surface area contributed by atoms with Gasteiger partial charge in [0.25, 0.3) is 5.91 Å². The molecule has 3 aromatic rings. The maximum Gasteiger partial charge on any atom is 0.255 e. The highest BCUT2D eigenvalue weighted by Crippen LogP contribution is 2.29. The van der Waals surface area contributed by atoms with Crippen molar-refractivity contribution >= 4 is 23.4 Å². The number of carbonyl (C=O) groups excluding carboxylic acids is 1. The average Bonchev–Trinajstić information content (AvgIpc) is 3.08. The van der Waals surface area contributed by atoms with Crippen LogP contribution in [0.4, 0.5) is 5.69 Å².